The van der Waals surface area contributed by atoms with Crippen molar-refractivity contribution in [3.63, 3.8) is 0 Å². The molecule has 2 nitrogen and oxygen atoms in total. The molecule has 3 rings (SSSR count). The van der Waals surface area contributed by atoms with E-state index in [2.05, 4.69) is 80.0 Å². The van der Waals surface area contributed by atoms with E-state index in [-0.39, 0.29) is 11.5 Å². The van der Waals surface area contributed by atoms with Gasteiger partial charge in [0.05, 0.1) is 6.10 Å². The standard InChI is InChI=1S/C24H30BrO2/c1-16(18-10-11-18)19-7-6-8-20(14-19)27-15-17-9-12-22(25)21(13-17)23(26-5)24(2,3)4/h6-9,12-14,16,18,23H,1,10-11,15H2,2-5H3/t16-,23+/m0/s1. The minimum Gasteiger partial charge on any atom is -0.489 e. The Labute approximate surface area is 172 Å². The highest BCUT2D eigenvalue weighted by molar-refractivity contribution is 9.10. The van der Waals surface area contributed by atoms with E-state index in [0.717, 1.165) is 27.3 Å². The Balaban J connectivity index is 1.73. The van der Waals surface area contributed by atoms with Crippen LogP contribution in [0.4, 0.5) is 0 Å². The molecule has 0 bridgehead atoms. The van der Waals surface area contributed by atoms with Crippen LogP contribution in [0.3, 0.4) is 0 Å². The molecule has 0 aromatic heterocycles. The van der Waals surface area contributed by atoms with Crippen LogP contribution >= 0.6 is 15.9 Å². The van der Waals surface area contributed by atoms with Gasteiger partial charge in [-0.2, -0.15) is 0 Å². The molecule has 0 spiro atoms. The minimum absolute atomic E-state index is 0.0109. The van der Waals surface area contributed by atoms with Crippen molar-refractivity contribution in [1.82, 2.24) is 0 Å². The fraction of sp³-hybridized carbons (Fsp3) is 0.458. The maximum absolute atomic E-state index is 6.09. The van der Waals surface area contributed by atoms with Crippen LogP contribution in [0.1, 0.15) is 62.3 Å². The molecule has 2 atom stereocenters. The first-order valence-corrected chi connectivity index (χ1v) is 10.5. The van der Waals surface area contributed by atoms with Crippen molar-refractivity contribution < 1.29 is 9.47 Å². The Kier molecular flexibility index (Phi) is 6.32. The van der Waals surface area contributed by atoms with Crippen LogP contribution in [-0.2, 0) is 11.3 Å². The van der Waals surface area contributed by atoms with E-state index < -0.39 is 0 Å². The SMILES string of the molecule is [CH2][C@H](c1cccc(OCc2ccc(Br)c([C@@H](OC)C(C)(C)C)c2)c1)C1CC1. The second-order valence-electron chi connectivity index (χ2n) is 8.64. The monoisotopic (exact) mass is 429 g/mol. The lowest BCUT2D eigenvalue weighted by molar-refractivity contribution is 0.0146. The number of methoxy groups -OCH3 is 1. The predicted molar refractivity (Wildman–Crippen MR) is 115 cm³/mol. The van der Waals surface area contributed by atoms with Crippen LogP contribution in [0.5, 0.6) is 5.75 Å². The van der Waals surface area contributed by atoms with Crippen molar-refractivity contribution in [2.24, 2.45) is 11.3 Å². The van der Waals surface area contributed by atoms with Gasteiger partial charge in [0, 0.05) is 11.6 Å². The smallest absolute Gasteiger partial charge is 0.120 e. The molecule has 1 fully saturated rings. The summed E-state index contributed by atoms with van der Waals surface area (Å²) >= 11 is 3.68. The quantitative estimate of drug-likeness (QED) is 0.467. The lowest BCUT2D eigenvalue weighted by Crippen LogP contribution is -2.20. The van der Waals surface area contributed by atoms with Crippen LogP contribution in [0, 0.1) is 18.3 Å². The van der Waals surface area contributed by atoms with Gasteiger partial charge in [-0.25, -0.2) is 0 Å². The molecule has 0 heterocycles. The summed E-state index contributed by atoms with van der Waals surface area (Å²) in [5.41, 5.74) is 3.58. The van der Waals surface area contributed by atoms with Crippen LogP contribution in [-0.4, -0.2) is 7.11 Å². The number of hydrogen-bond donors (Lipinski definition) is 0. The fourth-order valence-electron chi connectivity index (χ4n) is 3.60. The first-order valence-electron chi connectivity index (χ1n) is 9.66. The van der Waals surface area contributed by atoms with Gasteiger partial charge >= 0.3 is 0 Å². The second kappa shape index (κ2) is 8.36. The molecular formula is C24H30BrO2. The number of halogens is 1. The van der Waals surface area contributed by atoms with Gasteiger partial charge in [-0.1, -0.05) is 54.9 Å². The normalized spacial score (nSPS) is 16.8. The van der Waals surface area contributed by atoms with E-state index in [1.54, 1.807) is 7.11 Å². The van der Waals surface area contributed by atoms with Gasteiger partial charge in [-0.3, -0.25) is 0 Å². The maximum atomic E-state index is 6.09. The molecule has 0 saturated heterocycles. The number of rotatable bonds is 7. The summed E-state index contributed by atoms with van der Waals surface area (Å²) < 4.78 is 13.0. The molecule has 1 saturated carbocycles. The van der Waals surface area contributed by atoms with Gasteiger partial charge < -0.3 is 9.47 Å². The first kappa shape index (κ1) is 20.4. The molecule has 2 aromatic rings. The average molecular weight is 430 g/mol. The Bertz CT molecular complexity index is 774. The van der Waals surface area contributed by atoms with Crippen molar-refractivity contribution in [3.05, 3.63) is 70.6 Å². The highest BCUT2D eigenvalue weighted by Gasteiger charge is 2.29. The number of benzene rings is 2. The molecule has 0 unspecified atom stereocenters. The average Bonchev–Trinajstić information content (AvgIpc) is 3.46. The van der Waals surface area contributed by atoms with Gasteiger partial charge in [0.25, 0.3) is 0 Å². The zero-order chi connectivity index (χ0) is 19.6. The summed E-state index contributed by atoms with van der Waals surface area (Å²) in [6, 6.07) is 14.8. The lowest BCUT2D eigenvalue weighted by Gasteiger charge is -2.30. The largest absolute Gasteiger partial charge is 0.489 e. The van der Waals surface area contributed by atoms with Crippen LogP contribution in [0.2, 0.25) is 0 Å². The molecule has 1 aliphatic rings. The van der Waals surface area contributed by atoms with Gasteiger partial charge in [-0.05, 0) is 78.0 Å². The van der Waals surface area contributed by atoms with Crippen LogP contribution in [0.25, 0.3) is 0 Å². The summed E-state index contributed by atoms with van der Waals surface area (Å²) in [5, 5.41) is 0. The van der Waals surface area contributed by atoms with E-state index in [1.807, 2.05) is 6.07 Å². The van der Waals surface area contributed by atoms with E-state index in [1.165, 1.54) is 18.4 Å². The molecule has 145 valence electrons. The third kappa shape index (κ3) is 5.14. The highest BCUT2D eigenvalue weighted by Crippen LogP contribution is 2.42. The third-order valence-electron chi connectivity index (χ3n) is 5.25. The molecule has 27 heavy (non-hydrogen) atoms. The Morgan fingerprint density at radius 2 is 1.89 bits per heavy atom. The van der Waals surface area contributed by atoms with Crippen molar-refractivity contribution in [2.45, 2.75) is 52.2 Å². The number of ether oxygens (including phenoxy) is 2. The summed E-state index contributed by atoms with van der Waals surface area (Å²) in [6.07, 6.45) is 2.62. The van der Waals surface area contributed by atoms with Gasteiger partial charge in [0.1, 0.15) is 12.4 Å². The summed E-state index contributed by atoms with van der Waals surface area (Å²) in [4.78, 5) is 0. The van der Waals surface area contributed by atoms with Crippen LogP contribution in [0.15, 0.2) is 46.9 Å². The highest BCUT2D eigenvalue weighted by atomic mass is 79.9. The zero-order valence-electron chi connectivity index (χ0n) is 16.8. The third-order valence-corrected chi connectivity index (χ3v) is 5.97. The molecule has 0 aliphatic heterocycles. The summed E-state index contributed by atoms with van der Waals surface area (Å²) in [5.74, 6) is 2.03. The molecule has 0 amide bonds. The Morgan fingerprint density at radius 3 is 2.52 bits per heavy atom. The molecule has 1 aliphatic carbocycles. The van der Waals surface area contributed by atoms with Crippen LogP contribution < -0.4 is 4.74 Å². The second-order valence-corrected chi connectivity index (χ2v) is 9.50. The fourth-order valence-corrected chi connectivity index (χ4v) is 4.06. The lowest BCUT2D eigenvalue weighted by atomic mass is 9.84. The zero-order valence-corrected chi connectivity index (χ0v) is 18.4. The number of hydrogen-bond acceptors (Lipinski definition) is 2. The molecular weight excluding hydrogens is 400 g/mol. The van der Waals surface area contributed by atoms with Crippen molar-refractivity contribution in [1.29, 1.82) is 0 Å². The van der Waals surface area contributed by atoms with Crippen molar-refractivity contribution in [3.8, 4) is 5.75 Å². The van der Waals surface area contributed by atoms with Crippen molar-refractivity contribution >= 4 is 15.9 Å². The molecule has 0 N–H and O–H groups in total. The molecule has 2 aromatic carbocycles. The Morgan fingerprint density at radius 1 is 1.15 bits per heavy atom. The van der Waals surface area contributed by atoms with E-state index in [0.29, 0.717) is 12.5 Å². The van der Waals surface area contributed by atoms with Gasteiger partial charge in [0.15, 0.2) is 0 Å². The predicted octanol–water partition coefficient (Wildman–Crippen LogP) is 7.09. The summed E-state index contributed by atoms with van der Waals surface area (Å²) in [7, 11) is 1.77. The van der Waals surface area contributed by atoms with Gasteiger partial charge in [0.2, 0.25) is 0 Å². The van der Waals surface area contributed by atoms with E-state index >= 15 is 0 Å². The first-order chi connectivity index (χ1) is 12.8. The van der Waals surface area contributed by atoms with Crippen molar-refractivity contribution in [2.75, 3.05) is 7.11 Å². The minimum atomic E-state index is 0.0109. The topological polar surface area (TPSA) is 18.5 Å². The van der Waals surface area contributed by atoms with E-state index in [9.17, 15) is 0 Å². The molecule has 1 radical (unpaired) electrons. The summed E-state index contributed by atoms with van der Waals surface area (Å²) in [6.45, 7) is 11.4. The Hall–Kier alpha value is -1.32. The maximum Gasteiger partial charge on any atom is 0.120 e. The van der Waals surface area contributed by atoms with E-state index in [4.69, 9.17) is 9.47 Å². The molecule has 3 heteroatoms. The van der Waals surface area contributed by atoms with Gasteiger partial charge in [-0.15, -0.1) is 0 Å².